The Morgan fingerprint density at radius 1 is 1.19 bits per heavy atom. The molecule has 0 saturated heterocycles. The maximum Gasteiger partial charge on any atom is 0.155 e. The van der Waals surface area contributed by atoms with Gasteiger partial charge in [-0.2, -0.15) is 5.10 Å². The third-order valence-electron chi connectivity index (χ3n) is 5.18. The molecule has 0 fully saturated rings. The average Bonchev–Trinajstić information content (AvgIpc) is 3.23. The number of benzene rings is 1. The Kier molecular flexibility index (Phi) is 4.38. The highest BCUT2D eigenvalue weighted by atomic mass is 16.3. The summed E-state index contributed by atoms with van der Waals surface area (Å²) in [5, 5.41) is 15.2. The average molecular weight is 351 g/mol. The highest BCUT2D eigenvalue weighted by Gasteiger charge is 2.24. The lowest BCUT2D eigenvalue weighted by molar-refractivity contribution is 0.194. The van der Waals surface area contributed by atoms with Crippen LogP contribution in [-0.4, -0.2) is 35.9 Å². The molecular formula is C20H25N5O. The minimum absolute atomic E-state index is 0.618. The minimum Gasteiger partial charge on any atom is -0.379 e. The van der Waals surface area contributed by atoms with Crippen LogP contribution in [0.2, 0.25) is 0 Å². The summed E-state index contributed by atoms with van der Waals surface area (Å²) in [6.07, 6.45) is 2.74. The van der Waals surface area contributed by atoms with Gasteiger partial charge in [0.1, 0.15) is 5.82 Å². The van der Waals surface area contributed by atoms with E-state index in [2.05, 4.69) is 47.0 Å². The zero-order valence-electron chi connectivity index (χ0n) is 15.6. The summed E-state index contributed by atoms with van der Waals surface area (Å²) in [4.78, 5) is 6.68. The Morgan fingerprint density at radius 2 is 2.04 bits per heavy atom. The number of aliphatic hydroxyl groups excluding tert-OH is 1. The number of aliphatic hydroxyl groups is 1. The predicted molar refractivity (Wildman–Crippen MR) is 99.5 cm³/mol. The fourth-order valence-electron chi connectivity index (χ4n) is 3.60. The van der Waals surface area contributed by atoms with Gasteiger partial charge >= 0.3 is 0 Å². The van der Waals surface area contributed by atoms with E-state index < -0.39 is 6.10 Å². The van der Waals surface area contributed by atoms with Gasteiger partial charge in [0.15, 0.2) is 6.10 Å². The van der Waals surface area contributed by atoms with Crippen LogP contribution in [0.25, 0.3) is 0 Å². The van der Waals surface area contributed by atoms with Gasteiger partial charge in [0, 0.05) is 39.1 Å². The Bertz CT molecular complexity index is 926. The maximum atomic E-state index is 10.6. The molecule has 6 nitrogen and oxygen atoms in total. The first-order valence-corrected chi connectivity index (χ1v) is 9.01. The standard InChI is InChI=1S/C20H25N5O/c1-14-4-5-15(2)16(10-14)12-24-8-9-25-17(13-24)11-18(22-25)19(26)20-21-6-7-23(20)3/h4-7,10-11,19,26H,8-9,12-13H2,1-3H3/t19-/m1/s1. The number of rotatable bonds is 4. The number of nitrogens with zero attached hydrogens (tertiary/aromatic N) is 5. The van der Waals surface area contributed by atoms with E-state index in [1.54, 1.807) is 6.20 Å². The molecule has 0 unspecified atom stereocenters. The molecule has 136 valence electrons. The van der Waals surface area contributed by atoms with Crippen molar-refractivity contribution in [3.8, 4) is 0 Å². The monoisotopic (exact) mass is 351 g/mol. The molecule has 4 rings (SSSR count). The molecule has 1 aromatic carbocycles. The molecule has 0 aliphatic carbocycles. The molecule has 0 saturated carbocycles. The second-order valence-electron chi connectivity index (χ2n) is 7.22. The first kappa shape index (κ1) is 17.0. The van der Waals surface area contributed by atoms with Crippen molar-refractivity contribution < 1.29 is 5.11 Å². The first-order valence-electron chi connectivity index (χ1n) is 9.01. The van der Waals surface area contributed by atoms with E-state index in [-0.39, 0.29) is 0 Å². The van der Waals surface area contributed by atoms with Crippen molar-refractivity contribution in [1.82, 2.24) is 24.2 Å². The normalized spacial score (nSPS) is 15.8. The molecule has 3 heterocycles. The van der Waals surface area contributed by atoms with Crippen LogP contribution in [0.4, 0.5) is 0 Å². The first-order chi connectivity index (χ1) is 12.5. The Hall–Kier alpha value is -2.44. The molecule has 1 N–H and O–H groups in total. The number of hydrogen-bond acceptors (Lipinski definition) is 4. The second-order valence-corrected chi connectivity index (χ2v) is 7.22. The topological polar surface area (TPSA) is 59.1 Å². The third kappa shape index (κ3) is 3.18. The Balaban J connectivity index is 1.52. The van der Waals surface area contributed by atoms with Crippen molar-refractivity contribution in [2.24, 2.45) is 7.05 Å². The largest absolute Gasteiger partial charge is 0.379 e. The summed E-state index contributed by atoms with van der Waals surface area (Å²) >= 11 is 0. The van der Waals surface area contributed by atoms with Crippen molar-refractivity contribution in [3.63, 3.8) is 0 Å². The summed E-state index contributed by atoms with van der Waals surface area (Å²) in [6.45, 7) is 7.89. The van der Waals surface area contributed by atoms with Crippen molar-refractivity contribution in [3.05, 3.63) is 70.6 Å². The smallest absolute Gasteiger partial charge is 0.155 e. The number of aryl methyl sites for hydroxylation is 3. The Labute approximate surface area is 153 Å². The number of aromatic nitrogens is 4. The number of hydrogen-bond donors (Lipinski definition) is 1. The zero-order valence-corrected chi connectivity index (χ0v) is 15.6. The van der Waals surface area contributed by atoms with Crippen LogP contribution in [0.5, 0.6) is 0 Å². The lowest BCUT2D eigenvalue weighted by atomic mass is 10.0. The van der Waals surface area contributed by atoms with Gasteiger partial charge in [-0.15, -0.1) is 0 Å². The molecule has 3 aromatic rings. The van der Waals surface area contributed by atoms with Crippen LogP contribution < -0.4 is 0 Å². The molecule has 1 aliphatic rings. The van der Waals surface area contributed by atoms with E-state index in [4.69, 9.17) is 0 Å². The fraction of sp³-hybridized carbons (Fsp3) is 0.400. The van der Waals surface area contributed by atoms with E-state index >= 15 is 0 Å². The molecule has 0 bridgehead atoms. The highest BCUT2D eigenvalue weighted by Crippen LogP contribution is 2.23. The van der Waals surface area contributed by atoms with Gasteiger partial charge in [-0.1, -0.05) is 23.8 Å². The van der Waals surface area contributed by atoms with Gasteiger partial charge in [0.05, 0.1) is 17.9 Å². The molecule has 1 aliphatic heterocycles. The zero-order chi connectivity index (χ0) is 18.3. The van der Waals surface area contributed by atoms with Crippen LogP contribution in [-0.2, 0) is 26.7 Å². The van der Waals surface area contributed by atoms with E-state index in [0.717, 1.165) is 31.9 Å². The molecule has 0 amide bonds. The molecule has 0 radical (unpaired) electrons. The molecule has 2 aromatic heterocycles. The fourth-order valence-corrected chi connectivity index (χ4v) is 3.60. The van der Waals surface area contributed by atoms with Crippen molar-refractivity contribution >= 4 is 0 Å². The summed E-state index contributed by atoms with van der Waals surface area (Å²) < 4.78 is 3.84. The van der Waals surface area contributed by atoms with Gasteiger partial charge in [-0.05, 0) is 31.0 Å². The summed E-state index contributed by atoms with van der Waals surface area (Å²) in [5.41, 5.74) is 5.83. The molecule has 1 atom stereocenters. The van der Waals surface area contributed by atoms with Crippen molar-refractivity contribution in [1.29, 1.82) is 0 Å². The lowest BCUT2D eigenvalue weighted by Crippen LogP contribution is -2.33. The van der Waals surface area contributed by atoms with Gasteiger partial charge in [-0.25, -0.2) is 4.98 Å². The van der Waals surface area contributed by atoms with Crippen LogP contribution in [0.3, 0.4) is 0 Å². The summed E-state index contributed by atoms with van der Waals surface area (Å²) in [6, 6.07) is 8.64. The van der Waals surface area contributed by atoms with Gasteiger partial charge in [0.2, 0.25) is 0 Å². The molecule has 26 heavy (non-hydrogen) atoms. The third-order valence-corrected chi connectivity index (χ3v) is 5.18. The number of imidazole rings is 1. The van der Waals surface area contributed by atoms with Crippen LogP contribution in [0, 0.1) is 13.8 Å². The molecular weight excluding hydrogens is 326 g/mol. The van der Waals surface area contributed by atoms with E-state index in [1.165, 1.54) is 16.7 Å². The van der Waals surface area contributed by atoms with Crippen molar-refractivity contribution in [2.45, 2.75) is 39.6 Å². The SMILES string of the molecule is Cc1ccc(C)c(CN2CCn3nc([C@@H](O)c4nccn4C)cc3C2)c1. The maximum absolute atomic E-state index is 10.6. The van der Waals surface area contributed by atoms with Gasteiger partial charge < -0.3 is 9.67 Å². The van der Waals surface area contributed by atoms with Crippen LogP contribution in [0.1, 0.15) is 40.0 Å². The van der Waals surface area contributed by atoms with E-state index in [0.29, 0.717) is 11.5 Å². The van der Waals surface area contributed by atoms with Crippen molar-refractivity contribution in [2.75, 3.05) is 6.54 Å². The van der Waals surface area contributed by atoms with Crippen LogP contribution in [0.15, 0.2) is 36.7 Å². The quantitative estimate of drug-likeness (QED) is 0.784. The summed E-state index contributed by atoms with van der Waals surface area (Å²) in [7, 11) is 1.88. The Morgan fingerprint density at radius 3 is 2.81 bits per heavy atom. The minimum atomic E-state index is -0.791. The summed E-state index contributed by atoms with van der Waals surface area (Å²) in [5.74, 6) is 0.618. The highest BCUT2D eigenvalue weighted by molar-refractivity contribution is 5.30. The van der Waals surface area contributed by atoms with E-state index in [1.807, 2.05) is 28.6 Å². The second kappa shape index (κ2) is 6.70. The number of fused-ring (bicyclic) bond motifs is 1. The van der Waals surface area contributed by atoms with Crippen LogP contribution >= 0.6 is 0 Å². The van der Waals surface area contributed by atoms with Gasteiger partial charge in [-0.3, -0.25) is 9.58 Å². The molecule has 6 heteroatoms. The van der Waals surface area contributed by atoms with Gasteiger partial charge in [0.25, 0.3) is 0 Å². The van der Waals surface area contributed by atoms with E-state index in [9.17, 15) is 5.11 Å². The lowest BCUT2D eigenvalue weighted by Gasteiger charge is -2.28. The molecule has 0 spiro atoms. The predicted octanol–water partition coefficient (Wildman–Crippen LogP) is 2.33.